The molecule has 0 radical (unpaired) electrons. The zero-order chi connectivity index (χ0) is 18.6. The number of methoxy groups -OCH3 is 1. The van der Waals surface area contributed by atoms with Crippen molar-refractivity contribution in [1.82, 2.24) is 10.5 Å². The van der Waals surface area contributed by atoms with Crippen molar-refractivity contribution in [3.63, 3.8) is 0 Å². The van der Waals surface area contributed by atoms with Crippen LogP contribution in [-0.2, 0) is 6.61 Å². The van der Waals surface area contributed by atoms with Crippen LogP contribution < -0.4 is 14.8 Å². The minimum atomic E-state index is -0.128. The molecular weight excluding hydrogens is 320 g/mol. The lowest BCUT2D eigenvalue weighted by Gasteiger charge is -2.18. The summed E-state index contributed by atoms with van der Waals surface area (Å²) in [7, 11) is 1.55. The second kappa shape index (κ2) is 8.05. The summed E-state index contributed by atoms with van der Waals surface area (Å²) >= 11 is 0. The maximum absolute atomic E-state index is 12.3. The Bertz CT molecular complexity index is 718. The molecule has 136 valence electrons. The van der Waals surface area contributed by atoms with E-state index in [1.807, 2.05) is 20.8 Å². The number of ether oxygens (including phenoxy) is 2. The van der Waals surface area contributed by atoms with Crippen LogP contribution >= 0.6 is 0 Å². The lowest BCUT2D eigenvalue weighted by molar-refractivity contribution is 0.0930. The number of aryl methyl sites for hydroxylation is 2. The summed E-state index contributed by atoms with van der Waals surface area (Å²) in [6.45, 7) is 10.2. The van der Waals surface area contributed by atoms with Crippen molar-refractivity contribution >= 4 is 5.91 Å². The van der Waals surface area contributed by atoms with Gasteiger partial charge in [0.1, 0.15) is 12.4 Å². The quantitative estimate of drug-likeness (QED) is 0.828. The fourth-order valence-electron chi connectivity index (χ4n) is 2.24. The first-order chi connectivity index (χ1) is 11.8. The SMILES string of the molecule is COc1cc(C(=O)NC(C)C(C)C)ccc1OCc1c(C)noc1C. The van der Waals surface area contributed by atoms with Crippen molar-refractivity contribution in [3.8, 4) is 11.5 Å². The van der Waals surface area contributed by atoms with Gasteiger partial charge < -0.3 is 19.3 Å². The molecule has 0 saturated carbocycles. The first kappa shape index (κ1) is 18.8. The third-order valence-corrected chi connectivity index (χ3v) is 4.34. The summed E-state index contributed by atoms with van der Waals surface area (Å²) in [5, 5.41) is 6.89. The summed E-state index contributed by atoms with van der Waals surface area (Å²) in [5.41, 5.74) is 2.25. The van der Waals surface area contributed by atoms with E-state index in [1.165, 1.54) is 0 Å². The van der Waals surface area contributed by atoms with Gasteiger partial charge in [-0.1, -0.05) is 19.0 Å². The van der Waals surface area contributed by atoms with E-state index in [4.69, 9.17) is 14.0 Å². The van der Waals surface area contributed by atoms with Gasteiger partial charge in [-0.3, -0.25) is 4.79 Å². The molecule has 1 aromatic carbocycles. The maximum Gasteiger partial charge on any atom is 0.251 e. The predicted octanol–water partition coefficient (Wildman–Crippen LogP) is 3.65. The van der Waals surface area contributed by atoms with E-state index >= 15 is 0 Å². The van der Waals surface area contributed by atoms with Gasteiger partial charge in [0, 0.05) is 11.6 Å². The van der Waals surface area contributed by atoms with Crippen molar-refractivity contribution in [2.45, 2.75) is 47.3 Å². The van der Waals surface area contributed by atoms with Gasteiger partial charge >= 0.3 is 0 Å². The number of nitrogens with one attached hydrogen (secondary N) is 1. The van der Waals surface area contributed by atoms with Crippen LogP contribution in [-0.4, -0.2) is 24.2 Å². The van der Waals surface area contributed by atoms with E-state index in [1.54, 1.807) is 25.3 Å². The average Bonchev–Trinajstić information content (AvgIpc) is 2.90. The highest BCUT2D eigenvalue weighted by Crippen LogP contribution is 2.29. The van der Waals surface area contributed by atoms with Crippen molar-refractivity contribution in [2.75, 3.05) is 7.11 Å². The molecule has 6 nitrogen and oxygen atoms in total. The Morgan fingerprint density at radius 2 is 1.96 bits per heavy atom. The highest BCUT2D eigenvalue weighted by molar-refractivity contribution is 5.95. The standard InChI is InChI=1S/C19H26N2O4/c1-11(2)12(3)20-19(22)15-7-8-17(18(9-15)23-6)24-10-16-13(4)21-25-14(16)5/h7-9,11-12H,10H2,1-6H3,(H,20,22). The molecule has 0 fully saturated rings. The van der Waals surface area contributed by atoms with E-state index < -0.39 is 0 Å². The van der Waals surface area contributed by atoms with E-state index in [9.17, 15) is 4.79 Å². The maximum atomic E-state index is 12.3. The normalized spacial score (nSPS) is 12.1. The fourth-order valence-corrected chi connectivity index (χ4v) is 2.24. The molecule has 0 aliphatic heterocycles. The summed E-state index contributed by atoms with van der Waals surface area (Å²) in [5.74, 6) is 2.04. The molecule has 1 unspecified atom stereocenters. The van der Waals surface area contributed by atoms with Crippen LogP contribution in [0.4, 0.5) is 0 Å². The number of rotatable bonds is 7. The van der Waals surface area contributed by atoms with Crippen LogP contribution in [0, 0.1) is 19.8 Å². The van der Waals surface area contributed by atoms with Crippen LogP contribution in [0.5, 0.6) is 11.5 Å². The molecule has 1 atom stereocenters. The Balaban J connectivity index is 2.12. The molecule has 1 N–H and O–H groups in total. The molecule has 6 heteroatoms. The zero-order valence-electron chi connectivity index (χ0n) is 15.7. The van der Waals surface area contributed by atoms with Crippen molar-refractivity contribution in [2.24, 2.45) is 5.92 Å². The Morgan fingerprint density at radius 3 is 2.52 bits per heavy atom. The van der Waals surface area contributed by atoms with E-state index in [0.29, 0.717) is 29.6 Å². The third-order valence-electron chi connectivity index (χ3n) is 4.34. The lowest BCUT2D eigenvalue weighted by atomic mass is 10.1. The number of amides is 1. The second-order valence-corrected chi connectivity index (χ2v) is 6.46. The minimum absolute atomic E-state index is 0.0916. The van der Waals surface area contributed by atoms with Gasteiger partial charge in [0.2, 0.25) is 0 Å². The number of benzene rings is 1. The van der Waals surface area contributed by atoms with Crippen LogP contribution in [0.15, 0.2) is 22.7 Å². The second-order valence-electron chi connectivity index (χ2n) is 6.46. The Kier molecular flexibility index (Phi) is 6.07. The van der Waals surface area contributed by atoms with Crippen LogP contribution in [0.2, 0.25) is 0 Å². The smallest absolute Gasteiger partial charge is 0.251 e. The Hall–Kier alpha value is -2.50. The van der Waals surface area contributed by atoms with Gasteiger partial charge in [-0.2, -0.15) is 0 Å². The molecule has 25 heavy (non-hydrogen) atoms. The molecular formula is C19H26N2O4. The van der Waals surface area contributed by atoms with Gasteiger partial charge in [0.15, 0.2) is 11.5 Å². The first-order valence-electron chi connectivity index (χ1n) is 8.37. The fraction of sp³-hybridized carbons (Fsp3) is 0.474. The molecule has 1 aromatic heterocycles. The number of hydrogen-bond acceptors (Lipinski definition) is 5. The van der Waals surface area contributed by atoms with Crippen molar-refractivity contribution in [1.29, 1.82) is 0 Å². The van der Waals surface area contributed by atoms with Gasteiger partial charge in [-0.15, -0.1) is 0 Å². The molecule has 0 aliphatic rings. The van der Waals surface area contributed by atoms with Crippen molar-refractivity contribution < 1.29 is 18.8 Å². The minimum Gasteiger partial charge on any atom is -0.493 e. The number of carbonyl (C=O) groups is 1. The van der Waals surface area contributed by atoms with E-state index in [2.05, 4.69) is 24.3 Å². The van der Waals surface area contributed by atoms with Gasteiger partial charge in [0.05, 0.1) is 18.4 Å². The first-order valence-corrected chi connectivity index (χ1v) is 8.37. The van der Waals surface area contributed by atoms with Crippen molar-refractivity contribution in [3.05, 3.63) is 40.8 Å². The molecule has 0 bridgehead atoms. The van der Waals surface area contributed by atoms with E-state index in [-0.39, 0.29) is 11.9 Å². The van der Waals surface area contributed by atoms with Crippen LogP contribution in [0.3, 0.4) is 0 Å². The molecule has 1 amide bonds. The monoisotopic (exact) mass is 346 g/mol. The number of nitrogens with zero attached hydrogens (tertiary/aromatic N) is 1. The lowest BCUT2D eigenvalue weighted by Crippen LogP contribution is -2.36. The molecule has 1 heterocycles. The summed E-state index contributed by atoms with van der Waals surface area (Å²) < 4.78 is 16.3. The number of hydrogen-bond donors (Lipinski definition) is 1. The molecule has 2 rings (SSSR count). The average molecular weight is 346 g/mol. The summed E-state index contributed by atoms with van der Waals surface area (Å²) in [6, 6.07) is 5.25. The van der Waals surface area contributed by atoms with Gasteiger partial charge in [-0.25, -0.2) is 0 Å². The molecule has 0 spiro atoms. The predicted molar refractivity (Wildman–Crippen MR) is 95.1 cm³/mol. The number of aromatic nitrogens is 1. The van der Waals surface area contributed by atoms with Gasteiger partial charge in [0.25, 0.3) is 5.91 Å². The molecule has 2 aromatic rings. The summed E-state index contributed by atoms with van der Waals surface area (Å²) in [4.78, 5) is 12.3. The Morgan fingerprint density at radius 1 is 1.24 bits per heavy atom. The zero-order valence-corrected chi connectivity index (χ0v) is 15.7. The number of carbonyl (C=O) groups excluding carboxylic acids is 1. The third kappa shape index (κ3) is 4.53. The largest absolute Gasteiger partial charge is 0.493 e. The highest BCUT2D eigenvalue weighted by Gasteiger charge is 2.16. The summed E-state index contributed by atoms with van der Waals surface area (Å²) in [6.07, 6.45) is 0. The van der Waals surface area contributed by atoms with Crippen LogP contribution in [0.1, 0.15) is 48.1 Å². The van der Waals surface area contributed by atoms with Crippen LogP contribution in [0.25, 0.3) is 0 Å². The topological polar surface area (TPSA) is 73.6 Å². The van der Waals surface area contributed by atoms with Gasteiger partial charge in [-0.05, 0) is 44.9 Å². The highest BCUT2D eigenvalue weighted by atomic mass is 16.5. The Labute approximate surface area is 148 Å². The van der Waals surface area contributed by atoms with E-state index in [0.717, 1.165) is 17.0 Å². The molecule has 0 aliphatic carbocycles. The molecule has 0 saturated heterocycles.